The number of phenols is 1. The Kier molecular flexibility index (Phi) is 7.60. The maximum Gasteiger partial charge on any atom is 0.175 e. The molecule has 2 aromatic carbocycles. The van der Waals surface area contributed by atoms with Crippen LogP contribution in [0, 0.1) is 0 Å². The number of benzene rings is 2. The van der Waals surface area contributed by atoms with E-state index in [1.165, 1.54) is 11.8 Å². The summed E-state index contributed by atoms with van der Waals surface area (Å²) < 4.78 is 29.2. The van der Waals surface area contributed by atoms with Crippen LogP contribution in [0.3, 0.4) is 0 Å². The Hall–Kier alpha value is -1.76. The minimum atomic E-state index is -3.18. The van der Waals surface area contributed by atoms with Crippen LogP contribution in [0.2, 0.25) is 0 Å². The zero-order valence-electron chi connectivity index (χ0n) is 17.4. The summed E-state index contributed by atoms with van der Waals surface area (Å²) >= 11 is 0. The molecule has 2 aromatic rings. The number of nitrogens with zero attached hydrogens (tertiary/aromatic N) is 1. The predicted molar refractivity (Wildman–Crippen MR) is 118 cm³/mol. The molecule has 0 saturated carbocycles. The molecule has 5 nitrogen and oxygen atoms in total. The summed E-state index contributed by atoms with van der Waals surface area (Å²) in [6, 6.07) is 11.4. The van der Waals surface area contributed by atoms with Crippen LogP contribution >= 0.6 is 12.4 Å². The van der Waals surface area contributed by atoms with Gasteiger partial charge in [-0.1, -0.05) is 12.1 Å². The van der Waals surface area contributed by atoms with Crippen LogP contribution in [-0.2, 0) is 29.3 Å². The third kappa shape index (κ3) is 5.87. The van der Waals surface area contributed by atoms with E-state index in [-0.39, 0.29) is 24.3 Å². The normalized spacial score (nSPS) is 15.1. The molecular weight excluding hydrogens is 410 g/mol. The molecule has 0 radical (unpaired) electrons. The quantitative estimate of drug-likeness (QED) is 0.695. The number of fused-ring (bicyclic) bond motifs is 1. The average molecular weight is 440 g/mol. The smallest absolute Gasteiger partial charge is 0.175 e. The van der Waals surface area contributed by atoms with Gasteiger partial charge in [-0.2, -0.15) is 0 Å². The summed E-state index contributed by atoms with van der Waals surface area (Å²) in [6.45, 7) is 7.70. The van der Waals surface area contributed by atoms with E-state index in [2.05, 4.69) is 11.8 Å². The third-order valence-corrected chi connectivity index (χ3v) is 6.32. The van der Waals surface area contributed by atoms with Gasteiger partial charge in [-0.25, -0.2) is 8.42 Å². The predicted octanol–water partition coefficient (Wildman–Crippen LogP) is 4.34. The lowest BCUT2D eigenvalue weighted by Gasteiger charge is -2.24. The highest BCUT2D eigenvalue weighted by atomic mass is 35.5. The van der Waals surface area contributed by atoms with E-state index in [0.29, 0.717) is 16.7 Å². The number of hydrogen-bond acceptors (Lipinski definition) is 5. The average Bonchev–Trinajstić information content (AvgIpc) is 3.04. The van der Waals surface area contributed by atoms with Gasteiger partial charge in [-0.3, -0.25) is 4.90 Å². The van der Waals surface area contributed by atoms with Gasteiger partial charge in [0.15, 0.2) is 21.3 Å². The number of sulfone groups is 1. The molecule has 0 amide bonds. The number of aromatic hydroxyl groups is 1. The van der Waals surface area contributed by atoms with Gasteiger partial charge < -0.3 is 9.84 Å². The second-order valence-electron chi connectivity index (χ2n) is 7.96. The molecule has 0 saturated heterocycles. The van der Waals surface area contributed by atoms with Gasteiger partial charge in [-0.05, 0) is 74.6 Å². The number of hydrogen-bond donors (Lipinski definition) is 1. The van der Waals surface area contributed by atoms with Crippen molar-refractivity contribution in [2.24, 2.45) is 0 Å². The van der Waals surface area contributed by atoms with E-state index in [1.807, 2.05) is 38.1 Å². The number of aryl methyl sites for hydroxylation is 1. The Labute approximate surface area is 180 Å². The van der Waals surface area contributed by atoms with E-state index < -0.39 is 9.84 Å². The van der Waals surface area contributed by atoms with Crippen LogP contribution in [0.4, 0.5) is 0 Å². The molecule has 29 heavy (non-hydrogen) atoms. The van der Waals surface area contributed by atoms with Crippen LogP contribution in [-0.4, -0.2) is 36.8 Å². The maximum atomic E-state index is 11.8. The van der Waals surface area contributed by atoms with Crippen molar-refractivity contribution in [1.82, 2.24) is 4.90 Å². The van der Waals surface area contributed by atoms with E-state index >= 15 is 0 Å². The molecule has 0 aromatic heterocycles. The highest BCUT2D eigenvalue weighted by molar-refractivity contribution is 7.90. The van der Waals surface area contributed by atoms with Gasteiger partial charge in [0.05, 0.1) is 11.0 Å². The molecule has 0 aliphatic carbocycles. The van der Waals surface area contributed by atoms with Crippen molar-refractivity contribution in [1.29, 1.82) is 0 Å². The number of ether oxygens (including phenoxy) is 1. The van der Waals surface area contributed by atoms with Gasteiger partial charge in [0.1, 0.15) is 0 Å². The molecule has 0 spiro atoms. The molecule has 7 heteroatoms. The fourth-order valence-electron chi connectivity index (χ4n) is 3.56. The van der Waals surface area contributed by atoms with Gasteiger partial charge >= 0.3 is 0 Å². The van der Waals surface area contributed by atoms with Crippen LogP contribution < -0.4 is 4.74 Å². The van der Waals surface area contributed by atoms with E-state index in [1.54, 1.807) is 12.1 Å². The lowest BCUT2D eigenvalue weighted by molar-refractivity contribution is 0.203. The Morgan fingerprint density at radius 1 is 1.07 bits per heavy atom. The monoisotopic (exact) mass is 439 g/mol. The number of phenolic OH excluding ortho intramolecular Hbond substituents is 1. The maximum absolute atomic E-state index is 11.8. The Balaban J connectivity index is 0.00000300. The molecule has 1 N–H and O–H groups in total. The SMILES string of the molecule is CC(C)Oc1cc(CC[C@@H](C)N2Cc3ccc(S(C)(=O)=O)cc3C2)ccc1O.Cl. The van der Waals surface area contributed by atoms with Crippen molar-refractivity contribution >= 4 is 22.2 Å². The van der Waals surface area contributed by atoms with Crippen molar-refractivity contribution in [3.63, 3.8) is 0 Å². The zero-order chi connectivity index (χ0) is 20.5. The van der Waals surface area contributed by atoms with Crippen molar-refractivity contribution in [2.75, 3.05) is 6.26 Å². The highest BCUT2D eigenvalue weighted by Crippen LogP contribution is 2.30. The lowest BCUT2D eigenvalue weighted by Crippen LogP contribution is -2.28. The van der Waals surface area contributed by atoms with Gasteiger partial charge in [0, 0.05) is 25.4 Å². The van der Waals surface area contributed by atoms with E-state index in [9.17, 15) is 13.5 Å². The topological polar surface area (TPSA) is 66.8 Å². The summed E-state index contributed by atoms with van der Waals surface area (Å²) in [5, 5.41) is 9.94. The van der Waals surface area contributed by atoms with Crippen molar-refractivity contribution in [3.05, 3.63) is 53.1 Å². The first-order valence-electron chi connectivity index (χ1n) is 9.68. The Morgan fingerprint density at radius 2 is 1.76 bits per heavy atom. The fourth-order valence-corrected chi connectivity index (χ4v) is 4.23. The van der Waals surface area contributed by atoms with Crippen LogP contribution in [0.5, 0.6) is 11.5 Å². The van der Waals surface area contributed by atoms with Crippen LogP contribution in [0.1, 0.15) is 43.9 Å². The molecule has 1 aliphatic rings. The van der Waals surface area contributed by atoms with E-state index in [4.69, 9.17) is 4.74 Å². The van der Waals surface area contributed by atoms with Crippen LogP contribution in [0.25, 0.3) is 0 Å². The third-order valence-electron chi connectivity index (χ3n) is 5.21. The first-order chi connectivity index (χ1) is 13.1. The molecule has 0 unspecified atom stereocenters. The highest BCUT2D eigenvalue weighted by Gasteiger charge is 2.24. The second-order valence-corrected chi connectivity index (χ2v) is 9.98. The zero-order valence-corrected chi connectivity index (χ0v) is 19.0. The summed E-state index contributed by atoms with van der Waals surface area (Å²) in [5.41, 5.74) is 3.44. The van der Waals surface area contributed by atoms with E-state index in [0.717, 1.165) is 37.1 Å². The summed E-state index contributed by atoms with van der Waals surface area (Å²) in [7, 11) is -3.18. The molecule has 1 atom stereocenters. The van der Waals surface area contributed by atoms with Crippen molar-refractivity contribution in [3.8, 4) is 11.5 Å². The number of halogens is 1. The standard InChI is InChI=1S/C22H29NO4S.ClH/c1-15(2)27-22-11-17(7-10-21(22)24)6-5-16(3)23-13-18-8-9-20(28(4,25)26)12-19(18)14-23;/h7-12,15-16,24H,5-6,13-14H2,1-4H3;1H/t16-;/m1./s1. The number of rotatable bonds is 7. The minimum absolute atomic E-state index is 0. The van der Waals surface area contributed by atoms with Gasteiger partial charge in [0.2, 0.25) is 0 Å². The second kappa shape index (κ2) is 9.37. The molecule has 1 heterocycles. The molecule has 0 fully saturated rings. The summed E-state index contributed by atoms with van der Waals surface area (Å²) in [5.74, 6) is 0.698. The van der Waals surface area contributed by atoms with Crippen molar-refractivity contribution in [2.45, 2.75) is 63.7 Å². The largest absolute Gasteiger partial charge is 0.504 e. The molecular formula is C22H30ClNO4S. The first kappa shape index (κ1) is 23.5. The lowest BCUT2D eigenvalue weighted by atomic mass is 10.0. The summed E-state index contributed by atoms with van der Waals surface area (Å²) in [4.78, 5) is 2.77. The molecule has 3 rings (SSSR count). The molecule has 1 aliphatic heterocycles. The minimum Gasteiger partial charge on any atom is -0.504 e. The first-order valence-corrected chi connectivity index (χ1v) is 11.6. The fraction of sp³-hybridized carbons (Fsp3) is 0.455. The van der Waals surface area contributed by atoms with Gasteiger partial charge in [-0.15, -0.1) is 12.4 Å². The Morgan fingerprint density at radius 3 is 2.41 bits per heavy atom. The summed E-state index contributed by atoms with van der Waals surface area (Å²) in [6.07, 6.45) is 3.12. The molecule has 160 valence electrons. The Bertz CT molecular complexity index is 959. The van der Waals surface area contributed by atoms with Crippen LogP contribution in [0.15, 0.2) is 41.3 Å². The van der Waals surface area contributed by atoms with Crippen molar-refractivity contribution < 1.29 is 18.3 Å². The molecule has 0 bridgehead atoms. The van der Waals surface area contributed by atoms with Gasteiger partial charge in [0.25, 0.3) is 0 Å².